The van der Waals surface area contributed by atoms with Gasteiger partial charge in [-0.1, -0.05) is 60.4 Å². The van der Waals surface area contributed by atoms with E-state index in [1.807, 2.05) is 61.5 Å². The van der Waals surface area contributed by atoms with Gasteiger partial charge in [-0.2, -0.15) is 0 Å². The van der Waals surface area contributed by atoms with Gasteiger partial charge in [0.25, 0.3) is 0 Å². The van der Waals surface area contributed by atoms with E-state index >= 15 is 0 Å². The van der Waals surface area contributed by atoms with Crippen LogP contribution in [0.1, 0.15) is 18.1 Å². The number of benzene rings is 3. The molecule has 3 aromatic rings. The molecule has 0 saturated heterocycles. The fourth-order valence-electron chi connectivity index (χ4n) is 2.40. The molecule has 0 amide bonds. The first-order valence-electron chi connectivity index (χ1n) is 7.76. The van der Waals surface area contributed by atoms with Crippen molar-refractivity contribution in [3.63, 3.8) is 0 Å². The van der Waals surface area contributed by atoms with Crippen LogP contribution in [0.25, 0.3) is 11.1 Å². The molecule has 1 nitrogen and oxygen atoms in total. The van der Waals surface area contributed by atoms with Crippen molar-refractivity contribution >= 4 is 0 Å². The monoisotopic (exact) mass is 298 g/mol. The third-order valence-electron chi connectivity index (χ3n) is 3.52. The minimum Gasteiger partial charge on any atom is -0.494 e. The molecule has 0 radical (unpaired) electrons. The van der Waals surface area contributed by atoms with Crippen molar-refractivity contribution in [1.29, 1.82) is 0 Å². The van der Waals surface area contributed by atoms with Gasteiger partial charge in [-0.3, -0.25) is 0 Å². The highest BCUT2D eigenvalue weighted by Crippen LogP contribution is 2.25. The van der Waals surface area contributed by atoms with Crippen LogP contribution in [0.3, 0.4) is 0 Å². The Morgan fingerprint density at radius 3 is 2.17 bits per heavy atom. The van der Waals surface area contributed by atoms with Gasteiger partial charge in [-0.15, -0.1) is 0 Å². The normalized spacial score (nSPS) is 9.78. The number of rotatable bonds is 3. The number of ether oxygens (including phenoxy) is 1. The third-order valence-corrected chi connectivity index (χ3v) is 3.52. The van der Waals surface area contributed by atoms with Gasteiger partial charge >= 0.3 is 0 Å². The fraction of sp³-hybridized carbons (Fsp3) is 0.0909. The van der Waals surface area contributed by atoms with Crippen molar-refractivity contribution in [1.82, 2.24) is 0 Å². The highest BCUT2D eigenvalue weighted by Gasteiger charge is 2.03. The largest absolute Gasteiger partial charge is 0.494 e. The van der Waals surface area contributed by atoms with Crippen molar-refractivity contribution in [2.45, 2.75) is 6.92 Å². The van der Waals surface area contributed by atoms with E-state index in [9.17, 15) is 0 Å². The Kier molecular flexibility index (Phi) is 4.76. The summed E-state index contributed by atoms with van der Waals surface area (Å²) in [5.41, 5.74) is 4.33. The SMILES string of the molecule is CCOc1ccc(-c2ccccc2C#Cc2ccccc2)cc1. The Bertz CT molecular complexity index is 821. The lowest BCUT2D eigenvalue weighted by molar-refractivity contribution is 0.340. The Morgan fingerprint density at radius 1 is 0.739 bits per heavy atom. The van der Waals surface area contributed by atoms with Gasteiger partial charge in [0.05, 0.1) is 6.61 Å². The topological polar surface area (TPSA) is 9.23 Å². The summed E-state index contributed by atoms with van der Waals surface area (Å²) in [6, 6.07) is 26.4. The second-order valence-electron chi connectivity index (χ2n) is 5.12. The molecule has 0 fully saturated rings. The zero-order valence-corrected chi connectivity index (χ0v) is 13.1. The molecule has 0 saturated carbocycles. The first kappa shape index (κ1) is 14.9. The van der Waals surface area contributed by atoms with Crippen molar-refractivity contribution < 1.29 is 4.74 Å². The van der Waals surface area contributed by atoms with Gasteiger partial charge in [0.2, 0.25) is 0 Å². The zero-order valence-electron chi connectivity index (χ0n) is 13.1. The van der Waals surface area contributed by atoms with E-state index in [4.69, 9.17) is 4.74 Å². The minimum absolute atomic E-state index is 0.679. The summed E-state index contributed by atoms with van der Waals surface area (Å²) < 4.78 is 5.50. The summed E-state index contributed by atoms with van der Waals surface area (Å²) in [5.74, 6) is 7.41. The van der Waals surface area contributed by atoms with Crippen LogP contribution in [0.5, 0.6) is 5.75 Å². The first-order chi connectivity index (χ1) is 11.4. The third kappa shape index (κ3) is 3.81. The van der Waals surface area contributed by atoms with E-state index in [2.05, 4.69) is 36.1 Å². The summed E-state index contributed by atoms with van der Waals surface area (Å²) in [5, 5.41) is 0. The molecule has 0 spiro atoms. The van der Waals surface area contributed by atoms with Crippen LogP contribution in [0.4, 0.5) is 0 Å². The molecule has 0 N–H and O–H groups in total. The molecular formula is C22H18O. The van der Waals surface area contributed by atoms with E-state index in [1.54, 1.807) is 0 Å². The highest BCUT2D eigenvalue weighted by atomic mass is 16.5. The average molecular weight is 298 g/mol. The van der Waals surface area contributed by atoms with Gasteiger partial charge in [0, 0.05) is 11.1 Å². The van der Waals surface area contributed by atoms with Crippen LogP contribution >= 0.6 is 0 Å². The van der Waals surface area contributed by atoms with E-state index in [1.165, 1.54) is 0 Å². The van der Waals surface area contributed by atoms with Crippen molar-refractivity contribution in [2.24, 2.45) is 0 Å². The van der Waals surface area contributed by atoms with E-state index in [-0.39, 0.29) is 0 Å². The average Bonchev–Trinajstić information content (AvgIpc) is 2.62. The fourth-order valence-corrected chi connectivity index (χ4v) is 2.40. The minimum atomic E-state index is 0.679. The van der Waals surface area contributed by atoms with Gasteiger partial charge in [0.15, 0.2) is 0 Å². The molecule has 1 heteroatoms. The molecule has 0 atom stereocenters. The lowest BCUT2D eigenvalue weighted by Crippen LogP contribution is -1.91. The maximum Gasteiger partial charge on any atom is 0.119 e. The highest BCUT2D eigenvalue weighted by molar-refractivity contribution is 5.72. The molecule has 0 aliphatic heterocycles. The van der Waals surface area contributed by atoms with Gasteiger partial charge < -0.3 is 4.74 Å². The first-order valence-corrected chi connectivity index (χ1v) is 7.76. The van der Waals surface area contributed by atoms with Crippen LogP contribution in [-0.4, -0.2) is 6.61 Å². The molecule has 0 unspecified atom stereocenters. The Balaban J connectivity index is 1.93. The van der Waals surface area contributed by atoms with Crippen LogP contribution in [-0.2, 0) is 0 Å². The van der Waals surface area contributed by atoms with Crippen LogP contribution in [0, 0.1) is 11.8 Å². The maximum atomic E-state index is 5.50. The quantitative estimate of drug-likeness (QED) is 0.607. The second-order valence-corrected chi connectivity index (χ2v) is 5.12. The summed E-state index contributed by atoms with van der Waals surface area (Å²) in [6.45, 7) is 2.67. The molecule has 0 aromatic heterocycles. The molecule has 112 valence electrons. The van der Waals surface area contributed by atoms with Crippen molar-refractivity contribution in [3.8, 4) is 28.7 Å². The van der Waals surface area contributed by atoms with Gasteiger partial charge in [0.1, 0.15) is 5.75 Å². The van der Waals surface area contributed by atoms with Gasteiger partial charge in [-0.05, 0) is 48.4 Å². The molecule has 0 heterocycles. The summed E-state index contributed by atoms with van der Waals surface area (Å²) >= 11 is 0. The second kappa shape index (κ2) is 7.33. The van der Waals surface area contributed by atoms with Crippen LogP contribution in [0.15, 0.2) is 78.9 Å². The molecular weight excluding hydrogens is 280 g/mol. The predicted octanol–water partition coefficient (Wildman–Crippen LogP) is 5.15. The predicted molar refractivity (Wildman–Crippen MR) is 95.5 cm³/mol. The molecule has 0 aliphatic carbocycles. The summed E-state index contributed by atoms with van der Waals surface area (Å²) in [4.78, 5) is 0. The van der Waals surface area contributed by atoms with Crippen LogP contribution < -0.4 is 4.74 Å². The smallest absolute Gasteiger partial charge is 0.119 e. The number of hydrogen-bond donors (Lipinski definition) is 0. The van der Waals surface area contributed by atoms with E-state index in [0.717, 1.165) is 28.0 Å². The Hall–Kier alpha value is -2.98. The number of hydrogen-bond acceptors (Lipinski definition) is 1. The maximum absolute atomic E-state index is 5.50. The summed E-state index contributed by atoms with van der Waals surface area (Å²) in [6.07, 6.45) is 0. The molecule has 0 aliphatic rings. The molecule has 0 bridgehead atoms. The van der Waals surface area contributed by atoms with Crippen molar-refractivity contribution in [2.75, 3.05) is 6.61 Å². The van der Waals surface area contributed by atoms with Crippen molar-refractivity contribution in [3.05, 3.63) is 90.0 Å². The summed E-state index contributed by atoms with van der Waals surface area (Å²) in [7, 11) is 0. The van der Waals surface area contributed by atoms with E-state index < -0.39 is 0 Å². The standard InChI is InChI=1S/C22H18O/c1-2-23-21-16-14-20(15-17-21)22-11-7-6-10-19(22)13-12-18-8-4-3-5-9-18/h3-11,14-17H,2H2,1H3. The molecule has 23 heavy (non-hydrogen) atoms. The lowest BCUT2D eigenvalue weighted by atomic mass is 9.99. The van der Waals surface area contributed by atoms with E-state index in [0.29, 0.717) is 6.61 Å². The lowest BCUT2D eigenvalue weighted by Gasteiger charge is -2.07. The zero-order chi connectivity index (χ0) is 15.9. The Labute approximate surface area is 137 Å². The molecule has 3 aromatic carbocycles. The van der Waals surface area contributed by atoms with Gasteiger partial charge in [-0.25, -0.2) is 0 Å². The van der Waals surface area contributed by atoms with Crippen LogP contribution in [0.2, 0.25) is 0 Å². The Morgan fingerprint density at radius 2 is 1.43 bits per heavy atom. The molecule has 3 rings (SSSR count).